The van der Waals surface area contributed by atoms with Gasteiger partial charge in [-0.25, -0.2) is 0 Å². The zero-order valence-electron chi connectivity index (χ0n) is 12.8. The summed E-state index contributed by atoms with van der Waals surface area (Å²) in [4.78, 5) is 0. The van der Waals surface area contributed by atoms with E-state index in [4.69, 9.17) is 9.47 Å². The number of benzene rings is 1. The van der Waals surface area contributed by atoms with Crippen molar-refractivity contribution in [1.29, 1.82) is 0 Å². The summed E-state index contributed by atoms with van der Waals surface area (Å²) in [5.74, 6) is 2.16. The highest BCUT2D eigenvalue weighted by molar-refractivity contribution is 5.42. The van der Waals surface area contributed by atoms with Crippen LogP contribution in [0.25, 0.3) is 0 Å². The van der Waals surface area contributed by atoms with Crippen LogP contribution in [0.2, 0.25) is 0 Å². The molecule has 1 aromatic rings. The van der Waals surface area contributed by atoms with Crippen molar-refractivity contribution < 1.29 is 14.6 Å². The summed E-state index contributed by atoms with van der Waals surface area (Å²) in [7, 11) is 1.65. The average molecular weight is 278 g/mol. The summed E-state index contributed by atoms with van der Waals surface area (Å²) < 4.78 is 11.5. The number of hydrogen-bond donors (Lipinski definition) is 1. The first kappa shape index (κ1) is 15.2. The predicted octanol–water partition coefficient (Wildman–Crippen LogP) is 4.10. The molecule has 3 atom stereocenters. The number of aliphatic hydroxyl groups excluding tert-OH is 1. The van der Waals surface area contributed by atoms with Crippen LogP contribution >= 0.6 is 0 Å². The zero-order valence-corrected chi connectivity index (χ0v) is 12.8. The van der Waals surface area contributed by atoms with E-state index in [0.29, 0.717) is 5.92 Å². The van der Waals surface area contributed by atoms with Crippen molar-refractivity contribution in [2.45, 2.75) is 58.2 Å². The molecule has 2 unspecified atom stereocenters. The lowest BCUT2D eigenvalue weighted by Crippen LogP contribution is -2.30. The quantitative estimate of drug-likeness (QED) is 0.881. The molecule has 3 heteroatoms. The van der Waals surface area contributed by atoms with E-state index in [2.05, 4.69) is 6.92 Å². The van der Waals surface area contributed by atoms with E-state index in [0.717, 1.165) is 29.9 Å². The van der Waals surface area contributed by atoms with Crippen LogP contribution in [-0.4, -0.2) is 18.3 Å². The lowest BCUT2D eigenvalue weighted by Gasteiger charge is -2.32. The van der Waals surface area contributed by atoms with Gasteiger partial charge in [0, 0.05) is 11.6 Å². The minimum Gasteiger partial charge on any atom is -0.497 e. The van der Waals surface area contributed by atoms with Gasteiger partial charge in [-0.1, -0.05) is 13.3 Å². The molecule has 112 valence electrons. The molecular weight excluding hydrogens is 252 g/mol. The molecule has 0 aliphatic heterocycles. The van der Waals surface area contributed by atoms with Crippen molar-refractivity contribution in [2.75, 3.05) is 7.11 Å². The summed E-state index contributed by atoms with van der Waals surface area (Å²) >= 11 is 0. The van der Waals surface area contributed by atoms with Gasteiger partial charge in [0.05, 0.1) is 13.2 Å². The fourth-order valence-corrected chi connectivity index (χ4v) is 3.05. The van der Waals surface area contributed by atoms with E-state index in [1.165, 1.54) is 19.3 Å². The molecule has 0 bridgehead atoms. The number of hydrogen-bond acceptors (Lipinski definition) is 3. The number of rotatable bonds is 5. The first-order valence-corrected chi connectivity index (χ1v) is 7.68. The van der Waals surface area contributed by atoms with E-state index in [-0.39, 0.29) is 6.10 Å². The van der Waals surface area contributed by atoms with E-state index >= 15 is 0 Å². The Kier molecular flexibility index (Phi) is 5.30. The van der Waals surface area contributed by atoms with Crippen molar-refractivity contribution in [2.24, 2.45) is 5.92 Å². The van der Waals surface area contributed by atoms with E-state index in [9.17, 15) is 5.11 Å². The van der Waals surface area contributed by atoms with Crippen molar-refractivity contribution in [3.63, 3.8) is 0 Å². The number of aliphatic hydroxyl groups is 1. The SMILES string of the molecule is CCC1CCCCC1Oc1cc(OC)ccc1[C@H](C)O. The van der Waals surface area contributed by atoms with E-state index in [1.54, 1.807) is 14.0 Å². The molecule has 1 fully saturated rings. The summed E-state index contributed by atoms with van der Waals surface area (Å²) in [6.45, 7) is 4.00. The molecule has 1 saturated carbocycles. The van der Waals surface area contributed by atoms with Gasteiger partial charge in [0.2, 0.25) is 0 Å². The van der Waals surface area contributed by atoms with Crippen LogP contribution in [0.15, 0.2) is 18.2 Å². The summed E-state index contributed by atoms with van der Waals surface area (Å²) in [6.07, 6.45) is 5.77. The zero-order chi connectivity index (χ0) is 14.5. The van der Waals surface area contributed by atoms with Gasteiger partial charge in [0.15, 0.2) is 0 Å². The minimum absolute atomic E-state index is 0.262. The molecule has 0 spiro atoms. The number of ether oxygens (including phenoxy) is 2. The summed E-state index contributed by atoms with van der Waals surface area (Å²) in [5, 5.41) is 9.90. The van der Waals surface area contributed by atoms with Crippen molar-refractivity contribution >= 4 is 0 Å². The third-order valence-corrected chi connectivity index (χ3v) is 4.31. The first-order chi connectivity index (χ1) is 9.65. The van der Waals surface area contributed by atoms with Gasteiger partial charge in [-0.2, -0.15) is 0 Å². The van der Waals surface area contributed by atoms with Crippen LogP contribution in [0.1, 0.15) is 57.6 Å². The average Bonchev–Trinajstić information content (AvgIpc) is 2.47. The lowest BCUT2D eigenvalue weighted by molar-refractivity contribution is 0.0852. The topological polar surface area (TPSA) is 38.7 Å². The molecule has 1 N–H and O–H groups in total. The smallest absolute Gasteiger partial charge is 0.129 e. The van der Waals surface area contributed by atoms with Crippen LogP contribution in [0.4, 0.5) is 0 Å². The van der Waals surface area contributed by atoms with Crippen LogP contribution < -0.4 is 9.47 Å². The Hall–Kier alpha value is -1.22. The van der Waals surface area contributed by atoms with Crippen molar-refractivity contribution in [3.05, 3.63) is 23.8 Å². The first-order valence-electron chi connectivity index (χ1n) is 7.68. The van der Waals surface area contributed by atoms with E-state index < -0.39 is 6.10 Å². The largest absolute Gasteiger partial charge is 0.497 e. The van der Waals surface area contributed by atoms with Gasteiger partial charge >= 0.3 is 0 Å². The Morgan fingerprint density at radius 2 is 2.05 bits per heavy atom. The molecular formula is C17H26O3. The highest BCUT2D eigenvalue weighted by atomic mass is 16.5. The van der Waals surface area contributed by atoms with Crippen LogP contribution in [-0.2, 0) is 0 Å². The van der Waals surface area contributed by atoms with Crippen molar-refractivity contribution in [3.8, 4) is 11.5 Å². The molecule has 1 aliphatic rings. The van der Waals surface area contributed by atoms with Crippen molar-refractivity contribution in [1.82, 2.24) is 0 Å². The van der Waals surface area contributed by atoms with E-state index in [1.807, 2.05) is 18.2 Å². The van der Waals surface area contributed by atoms with Gasteiger partial charge in [0.25, 0.3) is 0 Å². The Morgan fingerprint density at radius 1 is 1.30 bits per heavy atom. The molecule has 1 aliphatic carbocycles. The second kappa shape index (κ2) is 6.98. The summed E-state index contributed by atoms with van der Waals surface area (Å²) in [5.41, 5.74) is 0.839. The third-order valence-electron chi connectivity index (χ3n) is 4.31. The Labute approximate surface area is 121 Å². The monoisotopic (exact) mass is 278 g/mol. The Balaban J connectivity index is 2.21. The minimum atomic E-state index is -0.528. The van der Waals surface area contributed by atoms with Gasteiger partial charge < -0.3 is 14.6 Å². The highest BCUT2D eigenvalue weighted by Gasteiger charge is 2.26. The standard InChI is InChI=1S/C17H26O3/c1-4-13-7-5-6-8-16(13)20-17-11-14(19-3)9-10-15(17)12(2)18/h9-13,16,18H,4-8H2,1-3H3/t12-,13?,16?/m0/s1. The fourth-order valence-electron chi connectivity index (χ4n) is 3.05. The molecule has 2 rings (SSSR count). The lowest BCUT2D eigenvalue weighted by atomic mass is 9.84. The predicted molar refractivity (Wildman–Crippen MR) is 80.3 cm³/mol. The maximum atomic E-state index is 9.90. The molecule has 0 saturated heterocycles. The maximum absolute atomic E-state index is 9.90. The molecule has 0 heterocycles. The summed E-state index contributed by atoms with van der Waals surface area (Å²) in [6, 6.07) is 5.65. The molecule has 0 aromatic heterocycles. The van der Waals surface area contributed by atoms with Gasteiger partial charge in [0.1, 0.15) is 17.6 Å². The van der Waals surface area contributed by atoms with Gasteiger partial charge in [-0.3, -0.25) is 0 Å². The fraction of sp³-hybridized carbons (Fsp3) is 0.647. The van der Waals surface area contributed by atoms with Gasteiger partial charge in [-0.05, 0) is 50.7 Å². The number of methoxy groups -OCH3 is 1. The van der Waals surface area contributed by atoms with Gasteiger partial charge in [-0.15, -0.1) is 0 Å². The van der Waals surface area contributed by atoms with Crippen LogP contribution in [0, 0.1) is 5.92 Å². The second-order valence-electron chi connectivity index (χ2n) is 5.69. The molecule has 20 heavy (non-hydrogen) atoms. The molecule has 3 nitrogen and oxygen atoms in total. The normalized spacial score (nSPS) is 24.2. The highest BCUT2D eigenvalue weighted by Crippen LogP contribution is 2.35. The van der Waals surface area contributed by atoms with Crippen LogP contribution in [0.5, 0.6) is 11.5 Å². The Morgan fingerprint density at radius 3 is 2.70 bits per heavy atom. The maximum Gasteiger partial charge on any atom is 0.129 e. The molecule has 0 radical (unpaired) electrons. The molecule has 1 aromatic carbocycles. The Bertz CT molecular complexity index is 428. The third kappa shape index (κ3) is 3.45. The molecule has 0 amide bonds. The second-order valence-corrected chi connectivity index (χ2v) is 5.69. The van der Waals surface area contributed by atoms with Crippen LogP contribution in [0.3, 0.4) is 0 Å².